The predicted octanol–water partition coefficient (Wildman–Crippen LogP) is 1.76. The molecule has 1 aromatic heterocycles. The van der Waals surface area contributed by atoms with Gasteiger partial charge in [0.05, 0.1) is 22.1 Å². The summed E-state index contributed by atoms with van der Waals surface area (Å²) in [5.41, 5.74) is 0.694. The number of carboxylic acids is 1. The molecule has 0 aliphatic carbocycles. The zero-order valence-electron chi connectivity index (χ0n) is 19.4. The number of carbonyl (C=O) groups excluding carboxylic acids is 3. The lowest BCUT2D eigenvalue weighted by atomic mass is 10.0. The van der Waals surface area contributed by atoms with Crippen LogP contribution in [0.2, 0.25) is 0 Å². The highest BCUT2D eigenvalue weighted by Crippen LogP contribution is 2.16. The molecule has 0 atom stereocenters. The molecule has 2 N–H and O–H groups in total. The molecule has 34 heavy (non-hydrogen) atoms. The fourth-order valence-electron chi connectivity index (χ4n) is 3.34. The van der Waals surface area contributed by atoms with Gasteiger partial charge in [-0.3, -0.25) is 14.6 Å². The number of sulfonamides is 1. The molecule has 0 unspecified atom stereocenters. The van der Waals surface area contributed by atoms with Crippen LogP contribution >= 0.6 is 0 Å². The highest BCUT2D eigenvalue weighted by atomic mass is 32.2. The molecule has 10 heteroatoms. The second-order valence-electron chi connectivity index (χ2n) is 7.91. The van der Waals surface area contributed by atoms with Gasteiger partial charge in [0.25, 0.3) is 15.9 Å². The van der Waals surface area contributed by atoms with Crippen molar-refractivity contribution in [2.45, 2.75) is 63.7 Å². The van der Waals surface area contributed by atoms with Crippen molar-refractivity contribution in [1.82, 2.24) is 15.0 Å². The average Bonchev–Trinajstić information content (AvgIpc) is 2.79. The SMILES string of the molecule is CCCCCc1cc(C(=O)NS(=O)(=O)c2cccc(CCNC(=O)CCC)c2)cnc1C(=O)[O-]. The van der Waals surface area contributed by atoms with Crippen LogP contribution in [-0.4, -0.2) is 37.7 Å². The zero-order valence-corrected chi connectivity index (χ0v) is 20.2. The van der Waals surface area contributed by atoms with Crippen LogP contribution in [0.4, 0.5) is 0 Å². The Morgan fingerprint density at radius 2 is 1.79 bits per heavy atom. The monoisotopic (exact) mass is 488 g/mol. The average molecular weight is 489 g/mol. The van der Waals surface area contributed by atoms with Gasteiger partial charge in [0.15, 0.2) is 0 Å². The minimum atomic E-state index is -4.18. The van der Waals surface area contributed by atoms with E-state index in [1.807, 2.05) is 18.6 Å². The predicted molar refractivity (Wildman–Crippen MR) is 125 cm³/mol. The number of pyridine rings is 1. The Morgan fingerprint density at radius 1 is 1.03 bits per heavy atom. The smallest absolute Gasteiger partial charge is 0.266 e. The third-order valence-electron chi connectivity index (χ3n) is 5.12. The Hall–Kier alpha value is -3.27. The number of aromatic carboxylic acids is 1. The molecular formula is C24H30N3O6S-. The van der Waals surface area contributed by atoms with Crippen molar-refractivity contribution in [2.24, 2.45) is 0 Å². The first-order chi connectivity index (χ1) is 16.2. The molecule has 1 heterocycles. The number of nitrogens with one attached hydrogen (secondary N) is 2. The van der Waals surface area contributed by atoms with Gasteiger partial charge in [0.1, 0.15) is 0 Å². The summed E-state index contributed by atoms with van der Waals surface area (Å²) in [6.45, 7) is 4.28. The van der Waals surface area contributed by atoms with Crippen LogP contribution in [0.5, 0.6) is 0 Å². The number of rotatable bonds is 13. The number of benzene rings is 1. The first-order valence-corrected chi connectivity index (χ1v) is 12.8. The van der Waals surface area contributed by atoms with Crippen molar-refractivity contribution in [3.05, 3.63) is 58.9 Å². The number of hydrogen-bond acceptors (Lipinski definition) is 7. The lowest BCUT2D eigenvalue weighted by molar-refractivity contribution is -0.255. The summed E-state index contributed by atoms with van der Waals surface area (Å²) in [5.74, 6) is -2.42. The number of amides is 2. The van der Waals surface area contributed by atoms with E-state index in [4.69, 9.17) is 0 Å². The third kappa shape index (κ3) is 7.95. The van der Waals surface area contributed by atoms with Gasteiger partial charge in [-0.25, -0.2) is 13.1 Å². The van der Waals surface area contributed by atoms with Crippen LogP contribution in [0.3, 0.4) is 0 Å². The maximum Gasteiger partial charge on any atom is 0.266 e. The van der Waals surface area contributed by atoms with Gasteiger partial charge in [-0.15, -0.1) is 0 Å². The Kier molecular flexibility index (Phi) is 10.2. The van der Waals surface area contributed by atoms with Gasteiger partial charge >= 0.3 is 0 Å². The van der Waals surface area contributed by atoms with Gasteiger partial charge in [-0.2, -0.15) is 0 Å². The summed E-state index contributed by atoms with van der Waals surface area (Å²) in [6, 6.07) is 7.44. The second kappa shape index (κ2) is 12.8. The van der Waals surface area contributed by atoms with Crippen molar-refractivity contribution in [2.75, 3.05) is 6.54 Å². The number of aromatic nitrogens is 1. The van der Waals surface area contributed by atoms with Crippen molar-refractivity contribution in [1.29, 1.82) is 0 Å². The van der Waals surface area contributed by atoms with Crippen LogP contribution in [0.25, 0.3) is 0 Å². The van der Waals surface area contributed by atoms with Crippen LogP contribution in [0.1, 0.15) is 77.9 Å². The standard InChI is InChI=1S/C24H31N3O6S/c1-3-5-6-10-18-15-19(16-26-22(18)24(30)31)23(29)27-34(32,33)20-11-7-9-17(14-20)12-13-25-21(28)8-4-2/h7,9,11,14-16H,3-6,8,10,12-13H2,1-2H3,(H,25,28)(H,27,29)(H,30,31)/p-1. The molecule has 0 spiro atoms. The maximum absolute atomic E-state index is 12.8. The highest BCUT2D eigenvalue weighted by molar-refractivity contribution is 7.90. The van der Waals surface area contributed by atoms with Crippen molar-refractivity contribution in [3.8, 4) is 0 Å². The molecule has 0 bridgehead atoms. The Bertz CT molecular complexity index is 1130. The van der Waals surface area contributed by atoms with Gasteiger partial charge in [-0.1, -0.05) is 38.8 Å². The van der Waals surface area contributed by atoms with E-state index in [-0.39, 0.29) is 22.1 Å². The number of hydrogen-bond donors (Lipinski definition) is 2. The van der Waals surface area contributed by atoms with Crippen molar-refractivity contribution >= 4 is 27.8 Å². The molecule has 0 fully saturated rings. The number of nitrogens with zero attached hydrogens (tertiary/aromatic N) is 1. The van der Waals surface area contributed by atoms with Gasteiger partial charge in [-0.05, 0) is 55.0 Å². The number of carboxylic acid groups (broad SMARTS) is 1. The summed E-state index contributed by atoms with van der Waals surface area (Å²) in [5, 5.41) is 14.1. The van der Waals surface area contributed by atoms with E-state index in [1.54, 1.807) is 12.1 Å². The van der Waals surface area contributed by atoms with E-state index in [9.17, 15) is 27.9 Å². The second-order valence-corrected chi connectivity index (χ2v) is 9.59. The van der Waals surface area contributed by atoms with E-state index >= 15 is 0 Å². The zero-order chi connectivity index (χ0) is 25.1. The van der Waals surface area contributed by atoms with Crippen molar-refractivity contribution in [3.63, 3.8) is 0 Å². The van der Waals surface area contributed by atoms with Crippen LogP contribution < -0.4 is 15.1 Å². The minimum absolute atomic E-state index is 0.0603. The Balaban J connectivity index is 2.14. The fourth-order valence-corrected chi connectivity index (χ4v) is 4.39. The molecule has 2 aromatic rings. The molecule has 184 valence electrons. The van der Waals surface area contributed by atoms with E-state index < -0.39 is 21.9 Å². The number of aryl methyl sites for hydroxylation is 1. The molecule has 0 saturated heterocycles. The first-order valence-electron chi connectivity index (χ1n) is 11.3. The molecule has 0 radical (unpaired) electrons. The number of unbranched alkanes of at least 4 members (excludes halogenated alkanes) is 2. The molecule has 9 nitrogen and oxygen atoms in total. The first kappa shape index (κ1) is 27.0. The Morgan fingerprint density at radius 3 is 2.47 bits per heavy atom. The fraction of sp³-hybridized carbons (Fsp3) is 0.417. The molecule has 2 amide bonds. The van der Waals surface area contributed by atoms with E-state index in [0.29, 0.717) is 43.4 Å². The third-order valence-corrected chi connectivity index (χ3v) is 6.45. The quantitative estimate of drug-likeness (QED) is 0.409. The highest BCUT2D eigenvalue weighted by Gasteiger charge is 2.20. The summed E-state index contributed by atoms with van der Waals surface area (Å²) < 4.78 is 27.6. The van der Waals surface area contributed by atoms with Gasteiger partial charge in [0, 0.05) is 19.2 Å². The largest absolute Gasteiger partial charge is 0.543 e. The number of carbonyl (C=O) groups is 3. The van der Waals surface area contributed by atoms with E-state index in [1.165, 1.54) is 18.2 Å². The molecular weight excluding hydrogens is 458 g/mol. The minimum Gasteiger partial charge on any atom is -0.543 e. The molecule has 0 aliphatic rings. The maximum atomic E-state index is 12.8. The lowest BCUT2D eigenvalue weighted by Gasteiger charge is -2.12. The van der Waals surface area contributed by atoms with Crippen molar-refractivity contribution < 1.29 is 27.9 Å². The van der Waals surface area contributed by atoms with Crippen LogP contribution in [0.15, 0.2) is 41.4 Å². The van der Waals surface area contributed by atoms with Gasteiger partial charge < -0.3 is 15.2 Å². The summed E-state index contributed by atoms with van der Waals surface area (Å²) in [6.07, 6.45) is 5.51. The van der Waals surface area contributed by atoms with E-state index in [2.05, 4.69) is 10.3 Å². The topological polar surface area (TPSA) is 145 Å². The molecule has 1 aromatic carbocycles. The Labute approximate surface area is 200 Å². The van der Waals surface area contributed by atoms with E-state index in [0.717, 1.165) is 25.5 Å². The molecule has 0 aliphatic heterocycles. The van der Waals surface area contributed by atoms with Crippen LogP contribution in [0, 0.1) is 0 Å². The lowest BCUT2D eigenvalue weighted by Crippen LogP contribution is -2.31. The summed E-state index contributed by atoms with van der Waals surface area (Å²) in [4.78, 5) is 39.3. The summed E-state index contributed by atoms with van der Waals surface area (Å²) >= 11 is 0. The normalized spacial score (nSPS) is 11.1. The van der Waals surface area contributed by atoms with Gasteiger partial charge in [0.2, 0.25) is 5.91 Å². The van der Waals surface area contributed by atoms with Crippen LogP contribution in [-0.2, 0) is 27.7 Å². The molecule has 2 rings (SSSR count). The summed E-state index contributed by atoms with van der Waals surface area (Å²) in [7, 11) is -4.18. The molecule has 0 saturated carbocycles.